The van der Waals surface area contributed by atoms with Gasteiger partial charge in [-0.15, -0.1) is 0 Å². The highest BCUT2D eigenvalue weighted by Crippen LogP contribution is 2.43. The normalized spacial score (nSPS) is 15.0. The first kappa shape index (κ1) is 25.0. The molecule has 0 atom stereocenters. The Balaban J connectivity index is 1.54. The van der Waals surface area contributed by atoms with E-state index in [0.717, 1.165) is 104 Å². The molecule has 1 aliphatic rings. The van der Waals surface area contributed by atoms with Gasteiger partial charge in [0.2, 0.25) is 0 Å². The van der Waals surface area contributed by atoms with Crippen molar-refractivity contribution in [3.63, 3.8) is 0 Å². The first-order valence-electron chi connectivity index (χ1n) is 13.5. The lowest BCUT2D eigenvalue weighted by Gasteiger charge is -2.28. The largest absolute Gasteiger partial charge is 0.496 e. The molecule has 8 nitrogen and oxygen atoms in total. The number of aromatic nitrogens is 5. The molecule has 1 aliphatic heterocycles. The van der Waals surface area contributed by atoms with Crippen molar-refractivity contribution in [2.75, 3.05) is 27.2 Å². The van der Waals surface area contributed by atoms with Crippen molar-refractivity contribution in [1.82, 2.24) is 30.0 Å². The van der Waals surface area contributed by atoms with Crippen molar-refractivity contribution in [3.05, 3.63) is 64.9 Å². The summed E-state index contributed by atoms with van der Waals surface area (Å²) in [4.78, 5) is 21.0. The molecule has 0 aliphatic carbocycles. The Morgan fingerprint density at radius 1 is 1.02 bits per heavy atom. The number of hydrogen-bond donors (Lipinski definition) is 1. The van der Waals surface area contributed by atoms with Gasteiger partial charge in [-0.2, -0.15) is 0 Å². The van der Waals surface area contributed by atoms with Crippen LogP contribution < -0.4 is 4.74 Å². The molecule has 1 fully saturated rings. The third-order valence-corrected chi connectivity index (χ3v) is 8.37. The summed E-state index contributed by atoms with van der Waals surface area (Å²) in [5.41, 5.74) is 7.13. The van der Waals surface area contributed by atoms with Gasteiger partial charge in [0.05, 0.1) is 35.0 Å². The minimum atomic E-state index is 0.287. The first-order valence-corrected chi connectivity index (χ1v) is 13.9. The van der Waals surface area contributed by atoms with Crippen LogP contribution >= 0.6 is 11.6 Å². The maximum absolute atomic E-state index is 6.47. The van der Waals surface area contributed by atoms with Gasteiger partial charge in [0.25, 0.3) is 0 Å². The average Bonchev–Trinajstić information content (AvgIpc) is 3.49. The predicted octanol–water partition coefficient (Wildman–Crippen LogP) is 7.07. The number of halogens is 1. The van der Waals surface area contributed by atoms with Crippen molar-refractivity contribution >= 4 is 44.4 Å². The molecule has 5 heterocycles. The lowest BCUT2D eigenvalue weighted by molar-refractivity contribution is 0.251. The second kappa shape index (κ2) is 9.57. The Labute approximate surface area is 236 Å². The number of hydrogen-bond acceptors (Lipinski definition) is 7. The van der Waals surface area contributed by atoms with E-state index >= 15 is 0 Å². The van der Waals surface area contributed by atoms with E-state index in [-0.39, 0.29) is 5.92 Å². The number of aryl methyl sites for hydroxylation is 2. The summed E-state index contributed by atoms with van der Waals surface area (Å²) in [6.45, 7) is 5.92. The van der Waals surface area contributed by atoms with Gasteiger partial charge in [0, 0.05) is 44.6 Å². The summed E-state index contributed by atoms with van der Waals surface area (Å²) in [7, 11) is 3.85. The summed E-state index contributed by atoms with van der Waals surface area (Å²) in [5, 5.41) is 7.71. The van der Waals surface area contributed by atoms with Gasteiger partial charge >= 0.3 is 0 Å². The van der Waals surface area contributed by atoms with Crippen LogP contribution in [0.15, 0.2) is 47.1 Å². The maximum atomic E-state index is 6.47. The van der Waals surface area contributed by atoms with Crippen molar-refractivity contribution in [3.8, 4) is 28.1 Å². The van der Waals surface area contributed by atoms with Gasteiger partial charge < -0.3 is 19.1 Å². The monoisotopic (exact) mass is 552 g/mol. The van der Waals surface area contributed by atoms with Crippen LogP contribution in [0.2, 0.25) is 5.02 Å². The molecular weight excluding hydrogens is 524 g/mol. The summed E-state index contributed by atoms with van der Waals surface area (Å²) >= 11 is 6.47. The molecular formula is C31H29ClN6O2. The van der Waals surface area contributed by atoms with Crippen molar-refractivity contribution in [2.45, 2.75) is 32.6 Å². The molecule has 202 valence electrons. The Morgan fingerprint density at radius 3 is 2.60 bits per heavy atom. The Morgan fingerprint density at radius 2 is 1.85 bits per heavy atom. The summed E-state index contributed by atoms with van der Waals surface area (Å²) < 4.78 is 11.4. The van der Waals surface area contributed by atoms with Crippen LogP contribution in [-0.2, 0) is 0 Å². The zero-order valence-electron chi connectivity index (χ0n) is 22.9. The number of nitrogens with one attached hydrogen (secondary N) is 1. The Hall–Kier alpha value is -4.01. The highest BCUT2D eigenvalue weighted by Gasteiger charge is 2.26. The fourth-order valence-electron chi connectivity index (χ4n) is 6.04. The van der Waals surface area contributed by atoms with E-state index in [9.17, 15) is 0 Å². The number of nitrogens with zero attached hydrogens (tertiary/aromatic N) is 5. The number of rotatable bonds is 4. The summed E-state index contributed by atoms with van der Waals surface area (Å²) in [6.07, 6.45) is 3.88. The van der Waals surface area contributed by atoms with Crippen molar-refractivity contribution in [1.29, 1.82) is 0 Å². The molecule has 0 unspecified atom stereocenters. The molecule has 0 amide bonds. The zero-order valence-corrected chi connectivity index (χ0v) is 23.6. The van der Waals surface area contributed by atoms with Crippen LogP contribution in [0.25, 0.3) is 55.2 Å². The average molecular weight is 553 g/mol. The fraction of sp³-hybridized carbons (Fsp3) is 0.290. The highest BCUT2D eigenvalue weighted by atomic mass is 35.5. The van der Waals surface area contributed by atoms with Crippen LogP contribution in [0.3, 0.4) is 0 Å². The molecule has 40 heavy (non-hydrogen) atoms. The van der Waals surface area contributed by atoms with E-state index in [0.29, 0.717) is 5.02 Å². The molecule has 6 aromatic rings. The molecule has 7 rings (SSSR count). The van der Waals surface area contributed by atoms with Gasteiger partial charge in [0.15, 0.2) is 0 Å². The number of benzene rings is 2. The number of aromatic amines is 1. The minimum Gasteiger partial charge on any atom is -0.496 e. The maximum Gasteiger partial charge on any atom is 0.142 e. The topological polar surface area (TPSA) is 93.0 Å². The van der Waals surface area contributed by atoms with E-state index in [2.05, 4.69) is 39.2 Å². The minimum absolute atomic E-state index is 0.287. The van der Waals surface area contributed by atoms with Gasteiger partial charge in [-0.3, -0.25) is 4.98 Å². The van der Waals surface area contributed by atoms with E-state index in [1.54, 1.807) is 7.11 Å². The van der Waals surface area contributed by atoms with E-state index in [4.69, 9.17) is 30.8 Å². The van der Waals surface area contributed by atoms with Crippen molar-refractivity contribution in [2.24, 2.45) is 0 Å². The van der Waals surface area contributed by atoms with Gasteiger partial charge in [-0.25, -0.2) is 9.97 Å². The molecule has 2 aromatic carbocycles. The molecule has 0 saturated carbocycles. The van der Waals surface area contributed by atoms with E-state index < -0.39 is 0 Å². The number of fused-ring (bicyclic) bond motifs is 4. The van der Waals surface area contributed by atoms with Gasteiger partial charge in [-0.05, 0) is 83.2 Å². The standard InChI is InChI=1S/C31H29ClN6O2/c1-16-27(17(2)40-37-16)23-14-25-22(15-26(23)39-4)28-29(20-7-10-33-24-6-5-19(32)13-21(20)24)35-30(36-31(28)34-25)18-8-11-38(3)12-9-18/h5-7,10,13-15,18H,8-9,11-12H2,1-4H3,(H,34,35,36). The summed E-state index contributed by atoms with van der Waals surface area (Å²) in [6, 6.07) is 12.0. The van der Waals surface area contributed by atoms with Crippen LogP contribution in [-0.4, -0.2) is 57.2 Å². The quantitative estimate of drug-likeness (QED) is 0.250. The molecule has 1 saturated heterocycles. The van der Waals surface area contributed by atoms with E-state index in [1.165, 1.54) is 0 Å². The fourth-order valence-corrected chi connectivity index (χ4v) is 6.21. The Kier molecular flexibility index (Phi) is 5.98. The second-order valence-corrected chi connectivity index (χ2v) is 11.1. The number of ether oxygens (including phenoxy) is 1. The van der Waals surface area contributed by atoms with Crippen molar-refractivity contribution < 1.29 is 9.26 Å². The number of likely N-dealkylation sites (tertiary alicyclic amines) is 1. The molecule has 0 spiro atoms. The van der Waals surface area contributed by atoms with Crippen LogP contribution in [0.5, 0.6) is 5.75 Å². The van der Waals surface area contributed by atoms with Crippen LogP contribution in [0.4, 0.5) is 0 Å². The number of methoxy groups -OCH3 is 1. The molecule has 9 heteroatoms. The van der Waals surface area contributed by atoms with Crippen LogP contribution in [0.1, 0.15) is 36.0 Å². The van der Waals surface area contributed by atoms with E-state index in [1.807, 2.05) is 44.3 Å². The molecule has 0 bridgehead atoms. The third-order valence-electron chi connectivity index (χ3n) is 8.13. The predicted molar refractivity (Wildman–Crippen MR) is 158 cm³/mol. The van der Waals surface area contributed by atoms with Gasteiger partial charge in [0.1, 0.15) is 23.0 Å². The number of pyridine rings is 1. The Bertz CT molecular complexity index is 1900. The lowest BCUT2D eigenvalue weighted by Crippen LogP contribution is -2.30. The lowest BCUT2D eigenvalue weighted by atomic mass is 9.95. The molecule has 1 N–H and O–H groups in total. The first-order chi connectivity index (χ1) is 19.4. The zero-order chi connectivity index (χ0) is 27.5. The molecule has 4 aromatic heterocycles. The van der Waals surface area contributed by atoms with Crippen LogP contribution in [0, 0.1) is 13.8 Å². The molecule has 0 radical (unpaired) electrons. The SMILES string of the molecule is COc1cc2c(cc1-c1c(C)noc1C)[nH]c1nc(C3CCN(C)CC3)nc(-c3ccnc4ccc(Cl)cc34)c12. The van der Waals surface area contributed by atoms with Gasteiger partial charge in [-0.1, -0.05) is 16.8 Å². The number of piperidine rings is 1. The smallest absolute Gasteiger partial charge is 0.142 e. The third kappa shape index (κ3) is 4.01. The highest BCUT2D eigenvalue weighted by molar-refractivity contribution is 6.31. The second-order valence-electron chi connectivity index (χ2n) is 10.7. The number of H-pyrrole nitrogens is 1. The summed E-state index contributed by atoms with van der Waals surface area (Å²) in [5.74, 6) is 2.63.